The highest BCUT2D eigenvalue weighted by Crippen LogP contribution is 2.44. The fourth-order valence-corrected chi connectivity index (χ4v) is 4.57. The number of amides is 2. The maximum Gasteiger partial charge on any atom is 0.267 e. The third kappa shape index (κ3) is 2.93. The topological polar surface area (TPSA) is 80.7 Å². The van der Waals surface area contributed by atoms with Gasteiger partial charge in [0.15, 0.2) is 0 Å². The largest absolute Gasteiger partial charge is 0.548 e. The minimum atomic E-state index is -1.35. The third-order valence-electron chi connectivity index (χ3n) is 4.36. The van der Waals surface area contributed by atoms with Crippen LogP contribution in [0.25, 0.3) is 5.57 Å². The fraction of sp³-hybridized carbons (Fsp3) is 0.333. The highest BCUT2D eigenvalue weighted by atomic mass is 32.2. The van der Waals surface area contributed by atoms with E-state index in [1.165, 1.54) is 4.90 Å². The lowest BCUT2D eigenvalue weighted by atomic mass is 10.0. The van der Waals surface area contributed by atoms with Crippen molar-refractivity contribution in [2.45, 2.75) is 26.3 Å². The van der Waals surface area contributed by atoms with Crippen LogP contribution in [0.5, 0.6) is 0 Å². The molecule has 1 aromatic carbocycles. The zero-order valence-corrected chi connectivity index (χ0v) is 16.1. The van der Waals surface area contributed by atoms with Gasteiger partial charge in [-0.1, -0.05) is 56.0 Å². The average molecular weight is 389 g/mol. The molecule has 2 aliphatic rings. The van der Waals surface area contributed by atoms with Gasteiger partial charge in [-0.05, 0) is 18.4 Å². The Morgan fingerprint density at radius 2 is 1.88 bits per heavy atom. The summed E-state index contributed by atoms with van der Waals surface area (Å²) in [4.78, 5) is 40.0. The number of likely N-dealkylation sites (N-methyl/N-ethyl adjacent to an activating group) is 1. The van der Waals surface area contributed by atoms with Crippen molar-refractivity contribution in [3.63, 3.8) is 0 Å². The van der Waals surface area contributed by atoms with Gasteiger partial charge < -0.3 is 14.8 Å². The minimum absolute atomic E-state index is 0.0372. The van der Waals surface area contributed by atoms with E-state index in [-0.39, 0.29) is 33.0 Å². The zero-order valence-electron chi connectivity index (χ0n) is 14.5. The Labute approximate surface area is 160 Å². The molecule has 0 aromatic heterocycles. The van der Waals surface area contributed by atoms with E-state index in [1.807, 2.05) is 19.9 Å². The van der Waals surface area contributed by atoms with Crippen LogP contribution in [0.3, 0.4) is 0 Å². The molecule has 1 atom stereocenters. The summed E-state index contributed by atoms with van der Waals surface area (Å²) in [5.74, 6) is -2.17. The predicted octanol–water partition coefficient (Wildman–Crippen LogP) is 1.40. The van der Waals surface area contributed by atoms with Crippen molar-refractivity contribution in [2.75, 3.05) is 11.9 Å². The van der Waals surface area contributed by atoms with E-state index in [9.17, 15) is 19.5 Å². The van der Waals surface area contributed by atoms with Crippen molar-refractivity contribution < 1.29 is 19.5 Å². The number of carboxylic acid groups (broad SMARTS) is 1. The molecule has 0 spiro atoms. The molecule has 0 bridgehead atoms. The molecule has 0 aliphatic carbocycles. The Hall–Kier alpha value is -2.19. The molecule has 1 fully saturated rings. The fourth-order valence-electron chi connectivity index (χ4n) is 3.14. The average Bonchev–Trinajstić information content (AvgIpc) is 2.99. The Morgan fingerprint density at radius 1 is 1.23 bits per heavy atom. The molecule has 136 valence electrons. The minimum Gasteiger partial charge on any atom is -0.548 e. The maximum absolute atomic E-state index is 13.0. The summed E-state index contributed by atoms with van der Waals surface area (Å²) in [5.41, 5.74) is 1.62. The lowest BCUT2D eigenvalue weighted by molar-refractivity contribution is -0.310. The normalized spacial score (nSPS) is 21.0. The molecule has 0 unspecified atom stereocenters. The second kappa shape index (κ2) is 6.85. The Balaban J connectivity index is 2.08. The van der Waals surface area contributed by atoms with Crippen LogP contribution in [-0.2, 0) is 14.4 Å². The van der Waals surface area contributed by atoms with Gasteiger partial charge in [-0.25, -0.2) is 0 Å². The highest BCUT2D eigenvalue weighted by molar-refractivity contribution is 8.26. The molecule has 6 nitrogen and oxygen atoms in total. The molecular weight excluding hydrogens is 372 g/mol. The van der Waals surface area contributed by atoms with Gasteiger partial charge in [0, 0.05) is 12.6 Å². The Bertz CT molecular complexity index is 863. The summed E-state index contributed by atoms with van der Waals surface area (Å²) >= 11 is 6.23. The molecule has 0 radical (unpaired) electrons. The summed E-state index contributed by atoms with van der Waals surface area (Å²) in [6, 6.07) is 6.01. The quantitative estimate of drug-likeness (QED) is 0.572. The van der Waals surface area contributed by atoms with Crippen LogP contribution in [0.4, 0.5) is 5.69 Å². The molecule has 2 aliphatic heterocycles. The van der Waals surface area contributed by atoms with Gasteiger partial charge in [-0.15, -0.1) is 0 Å². The zero-order chi connectivity index (χ0) is 19.2. The molecule has 0 N–H and O–H groups in total. The lowest BCUT2D eigenvalue weighted by Gasteiger charge is -2.28. The number of hydrogen-bond donors (Lipinski definition) is 0. The maximum atomic E-state index is 13.0. The van der Waals surface area contributed by atoms with Crippen LogP contribution in [0.1, 0.15) is 25.8 Å². The van der Waals surface area contributed by atoms with Crippen molar-refractivity contribution in [3.8, 4) is 0 Å². The van der Waals surface area contributed by atoms with Gasteiger partial charge >= 0.3 is 0 Å². The van der Waals surface area contributed by atoms with Gasteiger partial charge in [0.2, 0.25) is 0 Å². The van der Waals surface area contributed by atoms with E-state index < -0.39 is 17.9 Å². The van der Waals surface area contributed by atoms with E-state index in [0.29, 0.717) is 11.3 Å². The molecule has 2 heterocycles. The van der Waals surface area contributed by atoms with E-state index in [1.54, 1.807) is 25.2 Å². The number of benzene rings is 1. The smallest absolute Gasteiger partial charge is 0.267 e. The summed E-state index contributed by atoms with van der Waals surface area (Å²) in [7, 11) is 1.64. The van der Waals surface area contributed by atoms with Crippen molar-refractivity contribution in [1.29, 1.82) is 0 Å². The lowest BCUT2D eigenvalue weighted by Crippen LogP contribution is -2.50. The summed E-state index contributed by atoms with van der Waals surface area (Å²) < 4.78 is 0.132. The third-order valence-corrected chi connectivity index (χ3v) is 5.76. The first-order chi connectivity index (χ1) is 12.2. The van der Waals surface area contributed by atoms with Crippen LogP contribution in [0.15, 0.2) is 29.2 Å². The molecule has 0 saturated carbocycles. The number of fused-ring (bicyclic) bond motifs is 1. The monoisotopic (exact) mass is 389 g/mol. The molecule has 26 heavy (non-hydrogen) atoms. The number of thiocarbonyl (C=S) groups is 1. The van der Waals surface area contributed by atoms with Crippen LogP contribution >= 0.6 is 24.0 Å². The number of thioether (sulfide) groups is 1. The van der Waals surface area contributed by atoms with E-state index in [0.717, 1.165) is 16.7 Å². The molecule has 1 saturated heterocycles. The molecule has 8 heteroatoms. The number of para-hydroxylation sites is 1. The van der Waals surface area contributed by atoms with E-state index in [4.69, 9.17) is 12.2 Å². The molecule has 1 aromatic rings. The SMILES string of the molecule is CC(C)C[C@H](C(=O)[O-])N1C(=O)/C(=C2/C(=O)N(C)c3ccccc32)SC1=S. The number of carboxylic acids is 1. The van der Waals surface area contributed by atoms with Crippen molar-refractivity contribution in [1.82, 2.24) is 4.90 Å². The number of rotatable bonds is 4. The standard InChI is InChI=1S/C18H18N2O4S2/c1-9(2)8-12(17(23)24)20-16(22)14(26-18(20)25)13-10-6-4-5-7-11(10)19(3)15(13)21/h4-7,9,12H,8H2,1-3H3,(H,23,24)/p-1/b14-13-/t12-/m1/s1. The van der Waals surface area contributed by atoms with Gasteiger partial charge in [0.25, 0.3) is 11.8 Å². The van der Waals surface area contributed by atoms with Gasteiger partial charge in [-0.3, -0.25) is 14.5 Å². The number of hydrogen-bond acceptors (Lipinski definition) is 6. The van der Waals surface area contributed by atoms with Gasteiger partial charge in [0.1, 0.15) is 4.32 Å². The van der Waals surface area contributed by atoms with E-state index in [2.05, 4.69) is 0 Å². The molecule has 3 rings (SSSR count). The van der Waals surface area contributed by atoms with Crippen molar-refractivity contribution in [2.24, 2.45) is 5.92 Å². The molecular formula is C18H17N2O4S2-. The highest BCUT2D eigenvalue weighted by Gasteiger charge is 2.43. The summed E-state index contributed by atoms with van der Waals surface area (Å²) in [5, 5.41) is 11.6. The van der Waals surface area contributed by atoms with E-state index >= 15 is 0 Å². The number of carbonyl (C=O) groups is 3. The van der Waals surface area contributed by atoms with Crippen molar-refractivity contribution >= 4 is 57.3 Å². The first-order valence-corrected chi connectivity index (χ1v) is 9.34. The second-order valence-corrected chi connectivity index (χ2v) is 8.24. The van der Waals surface area contributed by atoms with Crippen LogP contribution in [-0.4, -0.2) is 40.1 Å². The first-order valence-electron chi connectivity index (χ1n) is 8.12. The molecule has 2 amide bonds. The Kier molecular flexibility index (Phi) is 4.90. The van der Waals surface area contributed by atoms with Gasteiger partial charge in [0.05, 0.1) is 28.2 Å². The Morgan fingerprint density at radius 3 is 2.50 bits per heavy atom. The van der Waals surface area contributed by atoms with Crippen LogP contribution in [0, 0.1) is 5.92 Å². The van der Waals surface area contributed by atoms with Crippen molar-refractivity contribution in [3.05, 3.63) is 34.7 Å². The summed E-state index contributed by atoms with van der Waals surface area (Å²) in [6.07, 6.45) is 0.224. The predicted molar refractivity (Wildman–Crippen MR) is 102 cm³/mol. The summed E-state index contributed by atoms with van der Waals surface area (Å²) in [6.45, 7) is 3.72. The van der Waals surface area contributed by atoms with Crippen LogP contribution in [0.2, 0.25) is 0 Å². The number of aliphatic carboxylic acids is 1. The second-order valence-electron chi connectivity index (χ2n) is 6.59. The van der Waals surface area contributed by atoms with Gasteiger partial charge in [-0.2, -0.15) is 0 Å². The first kappa shape index (κ1) is 18.6. The number of carbonyl (C=O) groups excluding carboxylic acids is 3. The van der Waals surface area contributed by atoms with Crippen LogP contribution < -0.4 is 10.0 Å². The number of anilines is 1. The number of nitrogens with zero attached hydrogens (tertiary/aromatic N) is 2.